The molecular weight excluding hydrogens is 1780 g/mol. The van der Waals surface area contributed by atoms with Crippen molar-refractivity contribution in [2.24, 2.45) is 23.3 Å². The lowest BCUT2D eigenvalue weighted by Gasteiger charge is -2.29. The van der Waals surface area contributed by atoms with Gasteiger partial charge in [0.2, 0.25) is 113 Å². The Morgan fingerprint density at radius 1 is 0.425 bits per heavy atom. The predicted molar refractivity (Wildman–Crippen MR) is 462 cm³/mol. The molecule has 3 aromatic rings. The summed E-state index contributed by atoms with van der Waals surface area (Å²) >= 11 is 0. The number of phenols is 1. The number of aromatic nitrogens is 2. The van der Waals surface area contributed by atoms with Gasteiger partial charge in [-0.1, -0.05) is 70.2 Å². The van der Waals surface area contributed by atoms with Crippen molar-refractivity contribution in [3.05, 3.63) is 83.9 Å². The second-order valence-corrected chi connectivity index (χ2v) is 32.4. The van der Waals surface area contributed by atoms with E-state index in [-0.39, 0.29) is 30.6 Å². The quantitative estimate of drug-likeness (QED) is 0.0249. The molecule has 1 aromatic heterocycles. The van der Waals surface area contributed by atoms with E-state index < -0.39 is 329 Å². The van der Waals surface area contributed by atoms with Crippen LogP contribution in [0.1, 0.15) is 131 Å². The lowest BCUT2D eigenvalue weighted by molar-refractivity contribution is -0.142. The number of amides is 18. The molecule has 0 aliphatic rings. The largest absolute Gasteiger partial charge is 0.508 e. The number of aliphatic carboxylic acids is 3. The molecule has 0 aliphatic heterocycles. The average Bonchev–Trinajstić information content (AvgIpc) is 1.01. The molecule has 134 heavy (non-hydrogen) atoms. The van der Waals surface area contributed by atoms with Crippen molar-refractivity contribution >= 4 is 131 Å². The zero-order chi connectivity index (χ0) is 101. The summed E-state index contributed by atoms with van der Waals surface area (Å²) < 4.78 is 0. The summed E-state index contributed by atoms with van der Waals surface area (Å²) in [5.41, 5.74) is 10.4. The first-order valence-corrected chi connectivity index (χ1v) is 42.0. The first-order valence-electron chi connectivity index (χ1n) is 42.0. The molecule has 0 saturated heterocycles. The fourth-order valence-electron chi connectivity index (χ4n) is 12.3. The summed E-state index contributed by atoms with van der Waals surface area (Å²) in [4.78, 5) is 299. The molecule has 2 aromatic carbocycles. The number of carboxylic acids is 3. The summed E-state index contributed by atoms with van der Waals surface area (Å²) in [5, 5.41) is 130. The van der Waals surface area contributed by atoms with Gasteiger partial charge in [0, 0.05) is 44.7 Å². The zero-order valence-corrected chi connectivity index (χ0v) is 74.7. The highest BCUT2D eigenvalue weighted by Gasteiger charge is 2.41. The number of benzene rings is 2. The summed E-state index contributed by atoms with van der Waals surface area (Å²) in [6.45, 7) is 5.85. The molecule has 0 spiro atoms. The Kier molecular flexibility index (Phi) is 48.0. The van der Waals surface area contributed by atoms with Crippen molar-refractivity contribution in [2.75, 3.05) is 32.9 Å². The van der Waals surface area contributed by atoms with Crippen LogP contribution in [-0.4, -0.2) is 328 Å². The predicted octanol–water partition coefficient (Wildman–Crippen LogP) is -11.6. The summed E-state index contributed by atoms with van der Waals surface area (Å²) in [5.74, 6) is -27.6. The van der Waals surface area contributed by atoms with Crippen molar-refractivity contribution in [2.45, 2.75) is 241 Å². The maximum atomic E-state index is 14.5. The van der Waals surface area contributed by atoms with Crippen LogP contribution in [0.3, 0.4) is 0 Å². The molecule has 0 unspecified atom stereocenters. The van der Waals surface area contributed by atoms with Gasteiger partial charge in [0.25, 0.3) is 0 Å². The highest BCUT2D eigenvalue weighted by Crippen LogP contribution is 2.17. The molecule has 739 valence electrons. The van der Waals surface area contributed by atoms with Gasteiger partial charge >= 0.3 is 17.9 Å². The Morgan fingerprint density at radius 3 is 1.27 bits per heavy atom. The second kappa shape index (κ2) is 56.5. The third-order valence-corrected chi connectivity index (χ3v) is 19.7. The molecule has 52 heteroatoms. The third kappa shape index (κ3) is 40.6. The minimum Gasteiger partial charge on any atom is -0.508 e. The van der Waals surface area contributed by atoms with Crippen molar-refractivity contribution in [1.82, 2.24) is 100 Å². The number of aromatic amines is 1. The number of H-pyrrole nitrogens is 1. The fraction of sp³-hybridized carbons (Fsp3) is 0.549. The summed E-state index contributed by atoms with van der Waals surface area (Å²) in [6.07, 6.45) is -5.14. The number of nitrogens with zero attached hydrogens (tertiary/aromatic N) is 1. The van der Waals surface area contributed by atoms with Crippen LogP contribution in [-0.2, 0) is 125 Å². The molecule has 17 atom stereocenters. The van der Waals surface area contributed by atoms with E-state index in [1.807, 2.05) is 10.6 Å². The molecule has 31 N–H and O–H groups in total. The number of hydrogen-bond acceptors (Lipinski definition) is 30. The van der Waals surface area contributed by atoms with Crippen LogP contribution in [0.2, 0.25) is 0 Å². The number of imidazole rings is 1. The third-order valence-electron chi connectivity index (χ3n) is 19.7. The number of carboxylic acid groups (broad SMARTS) is 3. The number of nitrogens with one attached hydrogen (secondary N) is 18. The molecule has 1 heterocycles. The van der Waals surface area contributed by atoms with Crippen LogP contribution in [0.4, 0.5) is 0 Å². The SMILES string of the molecule is CC(C)C[C@H](NC(=O)[C@H](Cc1ccc(O)cc1)NC(=O)[C@H](CO)NC(=O)[C@H](CO)NC(=O)[C@@H](NC(=O)[C@H](CC(=O)O)NC(=O)[C@H](CO)NC(=O)[C@@H](NC(=O)[C@H](Cc1ccccc1)NC(=O)[C@@H](NC(=O)CNC(=O)[C@H](CCC(=O)O)NC(=O)C(C)(C)NC(=O)[C@@H](N)Cc1c[nH]cn1)[C@@H](C)O)[C@@H](C)O)C(C)C)C(=O)N[C@@H](CCC(=O)O)C(=O)NCC(=O)N[C@@H](CCC(N)=O)C(=O)N[C@@H](C)[C]=O. The summed E-state index contributed by atoms with van der Waals surface area (Å²) in [6, 6.07) is -14.1. The van der Waals surface area contributed by atoms with E-state index in [4.69, 9.17) is 11.5 Å². The van der Waals surface area contributed by atoms with Gasteiger partial charge in [-0.25, -0.2) is 4.98 Å². The number of phenolic OH excluding ortho intramolecular Hbond substituents is 1. The standard InChI is InChI=1S/C82H120N21O31/c1-38(2)25-51(71(124)91-48(20-23-61(114)115)68(121)86-31-59(112)90-50(19-22-58(84)111)70(123)89-40(5)33-104)92-72(125)52(27-44-15-17-46(110)18-16-44)93-75(128)55(34-105)96-77(130)57(36-107)97-78(131)64(39(3)4)101-74(127)54(29-63(118)119)94-76(129)56(35-106)98-80(133)66(42(7)109)102-73(126)53(26-43-13-11-10-12-14-43)95-79(132)65(41(6)108)100-60(113)32-87-69(122)49(21-24-62(116)117)99-81(134)82(8,9)103-67(120)47(83)28-45-30-85-37-88-45/h10-18,30,37-42,47-57,64-66,105-110H,19-29,31-32,34-36,83H2,1-9H3,(H2,84,111)(H,85,88)(H,86,121)(H,87,122)(H,89,123)(H,90,112)(H,91,124)(H,92,125)(H,93,128)(H,94,129)(H,95,132)(H,96,130)(H,97,131)(H,98,133)(H,99,134)(H,100,113)(H,101,127)(H,102,126)(H,103,120)(H,114,115)(H,116,117)(H,118,119)/t40-,41+,42+,47-,48-,49-,50-,51-,52-,53-,54-,55-,56-,57-,64-,65-,66-/m0/s1. The highest BCUT2D eigenvalue weighted by molar-refractivity contribution is 6.02. The molecule has 1 radical (unpaired) electrons. The highest BCUT2D eigenvalue weighted by atomic mass is 16.4. The van der Waals surface area contributed by atoms with Crippen molar-refractivity contribution < 1.29 is 151 Å². The lowest BCUT2D eigenvalue weighted by Crippen LogP contribution is -2.63. The molecule has 0 bridgehead atoms. The van der Waals surface area contributed by atoms with Gasteiger partial charge in [0.1, 0.15) is 89.8 Å². The van der Waals surface area contributed by atoms with Gasteiger partial charge in [-0.05, 0) is 95.4 Å². The monoisotopic (exact) mass is 1890 g/mol. The number of aromatic hydroxyl groups is 1. The number of rotatable bonds is 60. The number of hydrogen-bond donors (Lipinski definition) is 29. The number of carbonyl (C=O) groups is 21. The molecular formula is C82H120N21O31. The number of aliphatic hydroxyl groups excluding tert-OH is 5. The van der Waals surface area contributed by atoms with E-state index in [0.717, 1.165) is 13.8 Å². The Bertz CT molecular complexity index is 4580. The summed E-state index contributed by atoms with van der Waals surface area (Å²) in [7, 11) is 0. The molecule has 0 fully saturated rings. The normalized spacial score (nSPS) is 15.0. The number of primary amides is 1. The van der Waals surface area contributed by atoms with Crippen molar-refractivity contribution in [3.63, 3.8) is 0 Å². The van der Waals surface area contributed by atoms with Gasteiger partial charge in [-0.15, -0.1) is 0 Å². The molecule has 52 nitrogen and oxygen atoms in total. The zero-order valence-electron chi connectivity index (χ0n) is 74.7. The fourth-order valence-corrected chi connectivity index (χ4v) is 12.3. The minimum atomic E-state index is -2.21. The molecule has 0 saturated carbocycles. The van der Waals surface area contributed by atoms with Crippen molar-refractivity contribution in [3.8, 4) is 5.75 Å². The lowest BCUT2D eigenvalue weighted by atomic mass is 10.00. The molecule has 18 amide bonds. The van der Waals surface area contributed by atoms with Gasteiger partial charge in [-0.3, -0.25) is 105 Å². The Morgan fingerprint density at radius 2 is 0.813 bits per heavy atom. The van der Waals surface area contributed by atoms with Crippen molar-refractivity contribution in [1.29, 1.82) is 0 Å². The van der Waals surface area contributed by atoms with Crippen LogP contribution in [0, 0.1) is 11.8 Å². The molecule has 0 aliphatic carbocycles. The Labute approximate surface area is 766 Å². The molecule has 3 rings (SSSR count). The van der Waals surface area contributed by atoms with Crippen LogP contribution in [0.5, 0.6) is 5.75 Å². The van der Waals surface area contributed by atoms with E-state index in [1.165, 1.54) is 102 Å². The minimum absolute atomic E-state index is 0.0326. The van der Waals surface area contributed by atoms with Crippen LogP contribution < -0.4 is 102 Å². The number of nitrogens with two attached hydrogens (primary N) is 2. The van der Waals surface area contributed by atoms with Crippen LogP contribution >= 0.6 is 0 Å². The number of carbonyl (C=O) groups excluding carboxylic acids is 19. The topological polar surface area (TPSA) is 843 Å². The maximum absolute atomic E-state index is 14.5. The van der Waals surface area contributed by atoms with Gasteiger partial charge < -0.3 is 153 Å². The average molecular weight is 1900 g/mol. The van der Waals surface area contributed by atoms with E-state index >= 15 is 0 Å². The van der Waals surface area contributed by atoms with Gasteiger partial charge in [0.05, 0.1) is 75.6 Å². The van der Waals surface area contributed by atoms with E-state index in [0.29, 0.717) is 11.3 Å². The van der Waals surface area contributed by atoms with Crippen LogP contribution in [0.25, 0.3) is 0 Å². The van der Waals surface area contributed by atoms with Gasteiger partial charge in [-0.2, -0.15) is 0 Å². The number of aliphatic hydroxyl groups is 5. The van der Waals surface area contributed by atoms with E-state index in [9.17, 15) is 151 Å². The maximum Gasteiger partial charge on any atom is 0.305 e. The Hall–Kier alpha value is -14.2. The first-order chi connectivity index (χ1) is 62.8. The second-order valence-electron chi connectivity index (χ2n) is 32.4. The smallest absolute Gasteiger partial charge is 0.305 e. The Balaban J connectivity index is 1.81. The van der Waals surface area contributed by atoms with E-state index in [1.54, 1.807) is 19.9 Å². The first kappa shape index (κ1) is 114. The van der Waals surface area contributed by atoms with Gasteiger partial charge in [0.15, 0.2) is 0 Å². The van der Waals surface area contributed by atoms with Crippen LogP contribution in [0.15, 0.2) is 67.1 Å². The van der Waals surface area contributed by atoms with E-state index in [2.05, 4.69) is 89.7 Å².